The quantitative estimate of drug-likeness (QED) is 0.664. The van der Waals surface area contributed by atoms with Crippen LogP contribution in [0.15, 0.2) is 22.8 Å². The van der Waals surface area contributed by atoms with Crippen molar-refractivity contribution in [2.24, 2.45) is 5.92 Å². The second kappa shape index (κ2) is 7.23. The Morgan fingerprint density at radius 2 is 2.11 bits per heavy atom. The third-order valence-electron chi connectivity index (χ3n) is 2.45. The van der Waals surface area contributed by atoms with Crippen LogP contribution in [0.5, 0.6) is 0 Å². The van der Waals surface area contributed by atoms with Crippen LogP contribution < -0.4 is 5.32 Å². The minimum absolute atomic E-state index is 0.257. The molecule has 1 heterocycles. The van der Waals surface area contributed by atoms with Crippen LogP contribution in [-0.4, -0.2) is 30.0 Å². The lowest BCUT2D eigenvalue weighted by Gasteiger charge is -2.18. The van der Waals surface area contributed by atoms with E-state index in [-0.39, 0.29) is 11.6 Å². The van der Waals surface area contributed by atoms with E-state index in [1.807, 2.05) is 13.8 Å². The third-order valence-corrected chi connectivity index (χ3v) is 2.89. The van der Waals surface area contributed by atoms with Gasteiger partial charge < -0.3 is 10.1 Å². The predicted octanol–water partition coefficient (Wildman–Crippen LogP) is 2.16. The van der Waals surface area contributed by atoms with Crippen molar-refractivity contribution in [1.82, 2.24) is 10.3 Å². The maximum Gasteiger partial charge on any atom is 0.328 e. The number of rotatable bonds is 5. The highest BCUT2D eigenvalue weighted by Gasteiger charge is 2.23. The number of ether oxygens (including phenoxy) is 1. The Labute approximate surface area is 120 Å². The van der Waals surface area contributed by atoms with E-state index in [9.17, 15) is 9.59 Å². The topological polar surface area (TPSA) is 68.3 Å². The number of carbonyl (C=O) groups excluding carboxylic acids is 2. The lowest BCUT2D eigenvalue weighted by atomic mass is 10.0. The molecule has 1 aromatic heterocycles. The summed E-state index contributed by atoms with van der Waals surface area (Å²) in [6.45, 7) is 3.94. The first-order valence-electron chi connectivity index (χ1n) is 5.95. The number of aromatic nitrogens is 1. The highest BCUT2D eigenvalue weighted by Crippen LogP contribution is 2.09. The number of pyridine rings is 1. The highest BCUT2D eigenvalue weighted by atomic mass is 79.9. The first-order chi connectivity index (χ1) is 8.93. The molecular weight excluding hydrogens is 312 g/mol. The number of nitrogens with one attached hydrogen (secondary N) is 1. The van der Waals surface area contributed by atoms with E-state index in [2.05, 4.69) is 26.2 Å². The van der Waals surface area contributed by atoms with Crippen molar-refractivity contribution in [2.75, 3.05) is 7.11 Å². The van der Waals surface area contributed by atoms with E-state index >= 15 is 0 Å². The molecule has 1 N–H and O–H groups in total. The van der Waals surface area contributed by atoms with Crippen molar-refractivity contribution < 1.29 is 14.3 Å². The number of esters is 1. The molecular formula is C13H17BrN2O3. The molecule has 0 radical (unpaired) electrons. The summed E-state index contributed by atoms with van der Waals surface area (Å²) in [5, 5.41) is 2.65. The van der Waals surface area contributed by atoms with Gasteiger partial charge >= 0.3 is 5.97 Å². The minimum Gasteiger partial charge on any atom is -0.467 e. The van der Waals surface area contributed by atoms with Gasteiger partial charge in [-0.2, -0.15) is 0 Å². The zero-order valence-corrected chi connectivity index (χ0v) is 12.7. The van der Waals surface area contributed by atoms with E-state index in [4.69, 9.17) is 4.74 Å². The van der Waals surface area contributed by atoms with Crippen LogP contribution in [0.4, 0.5) is 0 Å². The van der Waals surface area contributed by atoms with Crippen molar-refractivity contribution in [1.29, 1.82) is 0 Å². The van der Waals surface area contributed by atoms with Gasteiger partial charge in [0, 0.05) is 0 Å². The summed E-state index contributed by atoms with van der Waals surface area (Å²) >= 11 is 3.20. The zero-order valence-electron chi connectivity index (χ0n) is 11.1. The number of hydrogen-bond acceptors (Lipinski definition) is 4. The number of nitrogens with zero attached hydrogens (tertiary/aromatic N) is 1. The molecule has 5 nitrogen and oxygen atoms in total. The minimum atomic E-state index is -0.654. The Kier molecular flexibility index (Phi) is 5.95. The predicted molar refractivity (Wildman–Crippen MR) is 74.7 cm³/mol. The van der Waals surface area contributed by atoms with Gasteiger partial charge in [0.05, 0.1) is 7.11 Å². The van der Waals surface area contributed by atoms with E-state index in [1.165, 1.54) is 7.11 Å². The molecule has 0 saturated heterocycles. The molecule has 0 aromatic carbocycles. The lowest BCUT2D eigenvalue weighted by molar-refractivity contribution is -0.143. The molecule has 19 heavy (non-hydrogen) atoms. The number of hydrogen-bond donors (Lipinski definition) is 1. The molecule has 0 aliphatic rings. The van der Waals surface area contributed by atoms with Crippen LogP contribution in [0.1, 0.15) is 30.8 Å². The molecule has 1 atom stereocenters. The van der Waals surface area contributed by atoms with Crippen molar-refractivity contribution >= 4 is 27.8 Å². The summed E-state index contributed by atoms with van der Waals surface area (Å²) in [4.78, 5) is 27.7. The first kappa shape index (κ1) is 15.6. The maximum absolute atomic E-state index is 12.0. The number of amides is 1. The van der Waals surface area contributed by atoms with Gasteiger partial charge in [0.1, 0.15) is 16.3 Å². The first-order valence-corrected chi connectivity index (χ1v) is 6.74. The van der Waals surface area contributed by atoms with E-state index in [0.29, 0.717) is 11.0 Å². The summed E-state index contributed by atoms with van der Waals surface area (Å²) in [6.07, 6.45) is 0.520. The molecule has 0 aliphatic carbocycles. The van der Waals surface area contributed by atoms with Crippen LogP contribution in [0.3, 0.4) is 0 Å². The fraction of sp³-hybridized carbons (Fsp3) is 0.462. The van der Waals surface area contributed by atoms with E-state index < -0.39 is 17.9 Å². The van der Waals surface area contributed by atoms with Crippen LogP contribution in [0.2, 0.25) is 0 Å². The number of halogens is 1. The van der Waals surface area contributed by atoms with Gasteiger partial charge in [-0.15, -0.1) is 0 Å². The van der Waals surface area contributed by atoms with Gasteiger partial charge in [0.2, 0.25) is 0 Å². The molecule has 1 rings (SSSR count). The lowest BCUT2D eigenvalue weighted by Crippen LogP contribution is -2.42. The molecule has 1 unspecified atom stereocenters. The standard InChI is InChI=1S/C13H17BrN2O3/c1-8(2)7-10(13(18)19-3)16-12(17)9-5-4-6-11(14)15-9/h4-6,8,10H,7H2,1-3H3,(H,16,17). The van der Waals surface area contributed by atoms with Gasteiger partial charge in [-0.1, -0.05) is 19.9 Å². The van der Waals surface area contributed by atoms with Crippen LogP contribution in [0.25, 0.3) is 0 Å². The maximum atomic E-state index is 12.0. The zero-order chi connectivity index (χ0) is 14.4. The van der Waals surface area contributed by atoms with Gasteiger partial charge in [-0.05, 0) is 40.4 Å². The number of methoxy groups -OCH3 is 1. The van der Waals surface area contributed by atoms with Crippen molar-refractivity contribution in [3.8, 4) is 0 Å². The van der Waals surface area contributed by atoms with Crippen LogP contribution in [-0.2, 0) is 9.53 Å². The highest BCUT2D eigenvalue weighted by molar-refractivity contribution is 9.10. The Hall–Kier alpha value is -1.43. The van der Waals surface area contributed by atoms with Crippen LogP contribution >= 0.6 is 15.9 Å². The van der Waals surface area contributed by atoms with Gasteiger partial charge in [-0.3, -0.25) is 4.79 Å². The second-order valence-corrected chi connectivity index (χ2v) is 5.34. The molecule has 0 bridgehead atoms. The molecule has 6 heteroatoms. The van der Waals surface area contributed by atoms with E-state index in [1.54, 1.807) is 18.2 Å². The summed E-state index contributed by atoms with van der Waals surface area (Å²) in [5.41, 5.74) is 0.257. The summed E-state index contributed by atoms with van der Waals surface area (Å²) < 4.78 is 5.26. The largest absolute Gasteiger partial charge is 0.467 e. The van der Waals surface area contributed by atoms with Crippen molar-refractivity contribution in [3.63, 3.8) is 0 Å². The molecule has 0 fully saturated rings. The molecule has 0 spiro atoms. The molecule has 1 aromatic rings. The van der Waals surface area contributed by atoms with E-state index in [0.717, 1.165) is 0 Å². The monoisotopic (exact) mass is 328 g/mol. The van der Waals surface area contributed by atoms with Crippen molar-refractivity contribution in [3.05, 3.63) is 28.5 Å². The second-order valence-electron chi connectivity index (χ2n) is 4.52. The third kappa shape index (κ3) is 4.98. The Balaban J connectivity index is 2.78. The van der Waals surface area contributed by atoms with Gasteiger partial charge in [0.15, 0.2) is 0 Å². The molecule has 104 valence electrons. The Morgan fingerprint density at radius 3 is 2.63 bits per heavy atom. The number of carbonyl (C=O) groups is 2. The smallest absolute Gasteiger partial charge is 0.328 e. The fourth-order valence-electron chi connectivity index (χ4n) is 1.59. The molecule has 0 saturated carbocycles. The Morgan fingerprint density at radius 1 is 1.42 bits per heavy atom. The fourth-order valence-corrected chi connectivity index (χ4v) is 1.94. The molecule has 0 aliphatic heterocycles. The average Bonchev–Trinajstić information content (AvgIpc) is 2.36. The van der Waals surface area contributed by atoms with Gasteiger partial charge in [0.25, 0.3) is 5.91 Å². The summed E-state index contributed by atoms with van der Waals surface area (Å²) in [7, 11) is 1.30. The van der Waals surface area contributed by atoms with Gasteiger partial charge in [-0.25, -0.2) is 9.78 Å². The van der Waals surface area contributed by atoms with Crippen LogP contribution in [0, 0.1) is 5.92 Å². The normalized spacial score (nSPS) is 12.1. The van der Waals surface area contributed by atoms with Crippen molar-refractivity contribution in [2.45, 2.75) is 26.3 Å². The summed E-state index contributed by atoms with van der Waals surface area (Å²) in [5.74, 6) is -0.575. The SMILES string of the molecule is COC(=O)C(CC(C)C)NC(=O)c1cccc(Br)n1. The molecule has 1 amide bonds. The summed E-state index contributed by atoms with van der Waals surface area (Å²) in [6, 6.07) is 4.37. The average molecular weight is 329 g/mol. The Bertz CT molecular complexity index is 463.